The van der Waals surface area contributed by atoms with Crippen LogP contribution in [0.4, 0.5) is 19.1 Å². The number of benzene rings is 2. The van der Waals surface area contributed by atoms with Crippen molar-refractivity contribution in [3.63, 3.8) is 0 Å². The van der Waals surface area contributed by atoms with Gasteiger partial charge in [-0.25, -0.2) is 19.6 Å². The highest BCUT2D eigenvalue weighted by Gasteiger charge is 2.34. The number of hydrogen-bond acceptors (Lipinski definition) is 5. The first-order valence-corrected chi connectivity index (χ1v) is 10.9. The van der Waals surface area contributed by atoms with E-state index in [0.29, 0.717) is 17.1 Å². The lowest BCUT2D eigenvalue weighted by Crippen LogP contribution is -2.23. The molecule has 3 aromatic heterocycles. The van der Waals surface area contributed by atoms with Crippen molar-refractivity contribution in [1.29, 1.82) is 0 Å². The Hall–Kier alpha value is -4.21. The smallest absolute Gasteiger partial charge is 0.368 e. The van der Waals surface area contributed by atoms with Crippen LogP contribution in [0.5, 0.6) is 0 Å². The Kier molecular flexibility index (Phi) is 5.12. The third-order valence-corrected chi connectivity index (χ3v) is 5.60. The summed E-state index contributed by atoms with van der Waals surface area (Å²) in [7, 11) is 0. The summed E-state index contributed by atoms with van der Waals surface area (Å²) in [6, 6.07) is 14.0. The van der Waals surface area contributed by atoms with Crippen LogP contribution in [0, 0.1) is 0 Å². The maximum absolute atomic E-state index is 13.2. The Morgan fingerprint density at radius 2 is 1.60 bits per heavy atom. The van der Waals surface area contributed by atoms with Gasteiger partial charge >= 0.3 is 6.18 Å². The van der Waals surface area contributed by atoms with Gasteiger partial charge < -0.3 is 10.3 Å². The Morgan fingerprint density at radius 1 is 0.886 bits per heavy atom. The van der Waals surface area contributed by atoms with Crippen molar-refractivity contribution in [2.75, 3.05) is 5.73 Å². The van der Waals surface area contributed by atoms with E-state index in [2.05, 4.69) is 40.4 Å². The predicted octanol–water partition coefficient (Wildman–Crippen LogP) is 5.70. The molecule has 0 radical (unpaired) electrons. The van der Waals surface area contributed by atoms with Crippen molar-refractivity contribution < 1.29 is 13.2 Å². The molecular formula is C25H22F3N7. The summed E-state index contributed by atoms with van der Waals surface area (Å²) in [6.07, 6.45) is 0.0821. The number of alkyl halides is 3. The number of hydrogen-bond donors (Lipinski definition) is 1. The van der Waals surface area contributed by atoms with E-state index < -0.39 is 11.9 Å². The second kappa shape index (κ2) is 7.93. The van der Waals surface area contributed by atoms with Crippen molar-refractivity contribution in [1.82, 2.24) is 29.3 Å². The largest absolute Gasteiger partial charge is 0.435 e. The van der Waals surface area contributed by atoms with Gasteiger partial charge in [-0.2, -0.15) is 18.3 Å². The minimum atomic E-state index is -4.53. The van der Waals surface area contributed by atoms with Gasteiger partial charge in [0.2, 0.25) is 5.95 Å². The SMILES string of the molecule is CC(C)(C)n1c(-c2ccccc2-n2ccc(C(F)(F)F)n2)nc2cc(-c3cnc(N)nc3)ccc21. The number of imidazole rings is 1. The Morgan fingerprint density at radius 3 is 2.26 bits per heavy atom. The van der Waals surface area contributed by atoms with E-state index >= 15 is 0 Å². The van der Waals surface area contributed by atoms with Crippen LogP contribution in [0.1, 0.15) is 26.5 Å². The van der Waals surface area contributed by atoms with Crippen LogP contribution in [-0.2, 0) is 11.7 Å². The van der Waals surface area contributed by atoms with E-state index in [9.17, 15) is 13.2 Å². The highest BCUT2D eigenvalue weighted by Crippen LogP contribution is 2.36. The molecule has 0 aliphatic heterocycles. The summed E-state index contributed by atoms with van der Waals surface area (Å²) in [5, 5.41) is 3.78. The minimum absolute atomic E-state index is 0.193. The van der Waals surface area contributed by atoms with Gasteiger partial charge in [0.05, 0.1) is 16.7 Å². The van der Waals surface area contributed by atoms with Gasteiger partial charge in [0.15, 0.2) is 5.69 Å². The standard InChI is InChI=1S/C25H22F3N7/c1-24(2,3)35-20-9-8-15(16-13-30-23(29)31-14-16)12-18(20)32-22(35)17-6-4-5-7-19(17)34-11-10-21(33-34)25(26,27)28/h4-14H,1-3H3,(H2,29,30,31). The number of nitrogen functional groups attached to an aromatic ring is 1. The van der Waals surface area contributed by atoms with Crippen molar-refractivity contribution in [2.24, 2.45) is 0 Å². The van der Waals surface area contributed by atoms with Crippen molar-refractivity contribution in [3.8, 4) is 28.2 Å². The summed E-state index contributed by atoms with van der Waals surface area (Å²) in [5.41, 5.74) is 8.73. The predicted molar refractivity (Wildman–Crippen MR) is 128 cm³/mol. The number of nitrogens with zero attached hydrogens (tertiary/aromatic N) is 6. The first-order valence-electron chi connectivity index (χ1n) is 10.9. The molecule has 0 aliphatic carbocycles. The summed E-state index contributed by atoms with van der Waals surface area (Å²) >= 11 is 0. The highest BCUT2D eigenvalue weighted by atomic mass is 19.4. The molecular weight excluding hydrogens is 455 g/mol. The third-order valence-electron chi connectivity index (χ3n) is 5.60. The first-order chi connectivity index (χ1) is 16.5. The van der Waals surface area contributed by atoms with Crippen LogP contribution >= 0.6 is 0 Å². The fourth-order valence-electron chi connectivity index (χ4n) is 4.08. The molecule has 0 saturated carbocycles. The Bertz CT molecular complexity index is 1520. The van der Waals surface area contributed by atoms with Crippen LogP contribution in [0.15, 0.2) is 67.1 Å². The van der Waals surface area contributed by atoms with E-state index in [1.165, 1.54) is 10.9 Å². The fourth-order valence-corrected chi connectivity index (χ4v) is 4.08. The molecule has 7 nitrogen and oxygen atoms in total. The van der Waals surface area contributed by atoms with Gasteiger partial charge in [0, 0.05) is 35.3 Å². The van der Waals surface area contributed by atoms with Crippen LogP contribution < -0.4 is 5.73 Å². The quantitative estimate of drug-likeness (QED) is 0.360. The molecule has 10 heteroatoms. The average Bonchev–Trinajstić information content (AvgIpc) is 3.44. The van der Waals surface area contributed by atoms with Crippen LogP contribution in [0.25, 0.3) is 39.2 Å². The Balaban J connectivity index is 1.71. The number of anilines is 1. The van der Waals surface area contributed by atoms with E-state index in [-0.39, 0.29) is 11.5 Å². The zero-order valence-corrected chi connectivity index (χ0v) is 19.2. The normalized spacial score (nSPS) is 12.4. The molecule has 0 fully saturated rings. The molecule has 2 aromatic carbocycles. The molecule has 0 atom stereocenters. The van der Waals surface area contributed by atoms with Gasteiger partial charge in [0.1, 0.15) is 5.82 Å². The first kappa shape index (κ1) is 22.6. The molecule has 0 amide bonds. The van der Waals surface area contributed by atoms with Gasteiger partial charge in [-0.15, -0.1) is 0 Å². The van der Waals surface area contributed by atoms with Gasteiger partial charge in [-0.05, 0) is 56.7 Å². The van der Waals surface area contributed by atoms with Gasteiger partial charge in [0.25, 0.3) is 0 Å². The minimum Gasteiger partial charge on any atom is -0.368 e. The maximum Gasteiger partial charge on any atom is 0.435 e. The molecule has 3 heterocycles. The molecule has 0 unspecified atom stereocenters. The average molecular weight is 477 g/mol. The highest BCUT2D eigenvalue weighted by molar-refractivity contribution is 5.87. The number of rotatable bonds is 3. The third kappa shape index (κ3) is 4.11. The monoisotopic (exact) mass is 477 g/mol. The van der Waals surface area contributed by atoms with Gasteiger partial charge in [-0.3, -0.25) is 0 Å². The molecule has 178 valence electrons. The molecule has 5 aromatic rings. The zero-order valence-electron chi connectivity index (χ0n) is 19.2. The van der Waals surface area contributed by atoms with Crippen LogP contribution in [0.2, 0.25) is 0 Å². The van der Waals surface area contributed by atoms with Crippen LogP contribution in [0.3, 0.4) is 0 Å². The summed E-state index contributed by atoms with van der Waals surface area (Å²) in [6.45, 7) is 6.16. The number of halogens is 3. The second-order valence-electron chi connectivity index (χ2n) is 9.14. The molecule has 5 rings (SSSR count). The van der Waals surface area contributed by atoms with E-state index in [0.717, 1.165) is 28.2 Å². The van der Waals surface area contributed by atoms with Gasteiger partial charge in [-0.1, -0.05) is 18.2 Å². The molecule has 0 bridgehead atoms. The molecule has 35 heavy (non-hydrogen) atoms. The lowest BCUT2D eigenvalue weighted by molar-refractivity contribution is -0.141. The van der Waals surface area contributed by atoms with Crippen LogP contribution in [-0.4, -0.2) is 29.3 Å². The number of fused-ring (bicyclic) bond motifs is 1. The number of para-hydroxylation sites is 1. The number of aromatic nitrogens is 6. The molecule has 0 aliphatic rings. The van der Waals surface area contributed by atoms with Crippen molar-refractivity contribution in [2.45, 2.75) is 32.5 Å². The maximum atomic E-state index is 13.2. The van der Waals surface area contributed by atoms with E-state index in [4.69, 9.17) is 10.7 Å². The zero-order chi connectivity index (χ0) is 25.0. The lowest BCUT2D eigenvalue weighted by Gasteiger charge is -2.25. The molecule has 0 spiro atoms. The molecule has 2 N–H and O–H groups in total. The van der Waals surface area contributed by atoms with Crippen molar-refractivity contribution in [3.05, 3.63) is 72.8 Å². The molecule has 0 saturated heterocycles. The second-order valence-corrected chi connectivity index (χ2v) is 9.14. The topological polar surface area (TPSA) is 87.4 Å². The summed E-state index contributed by atoms with van der Waals surface area (Å²) in [5.74, 6) is 0.816. The summed E-state index contributed by atoms with van der Waals surface area (Å²) in [4.78, 5) is 13.1. The lowest BCUT2D eigenvalue weighted by atomic mass is 10.1. The van der Waals surface area contributed by atoms with E-state index in [1.807, 2.05) is 30.3 Å². The summed E-state index contributed by atoms with van der Waals surface area (Å²) < 4.78 is 42.9. The number of nitrogens with two attached hydrogens (primary N) is 1. The fraction of sp³-hybridized carbons (Fsp3) is 0.200. The van der Waals surface area contributed by atoms with Crippen molar-refractivity contribution >= 4 is 17.0 Å². The Labute approximate surface area is 199 Å². The van der Waals surface area contributed by atoms with E-state index in [1.54, 1.807) is 24.5 Å².